The molecule has 1 aliphatic rings. The second kappa shape index (κ2) is 3.80. The molecule has 0 saturated carbocycles. The quantitative estimate of drug-likeness (QED) is 0.687. The summed E-state index contributed by atoms with van der Waals surface area (Å²) in [6, 6.07) is 0. The van der Waals surface area contributed by atoms with Gasteiger partial charge in [-0.1, -0.05) is 0 Å². The molecule has 17 heavy (non-hydrogen) atoms. The lowest BCUT2D eigenvalue weighted by molar-refractivity contribution is -0.286. The van der Waals surface area contributed by atoms with E-state index in [1.807, 2.05) is 5.43 Å². The third kappa shape index (κ3) is 2.63. The fourth-order valence-corrected chi connectivity index (χ4v) is 1.12. The van der Waals surface area contributed by atoms with E-state index in [-0.39, 0.29) is 5.01 Å². The van der Waals surface area contributed by atoms with Crippen LogP contribution in [0.15, 0.2) is 12.3 Å². The van der Waals surface area contributed by atoms with E-state index in [1.165, 1.54) is 20.8 Å². The van der Waals surface area contributed by atoms with Crippen LogP contribution in [-0.4, -0.2) is 33.7 Å². The Morgan fingerprint density at radius 1 is 1.41 bits per heavy atom. The van der Waals surface area contributed by atoms with Gasteiger partial charge < -0.3 is 9.84 Å². The van der Waals surface area contributed by atoms with Crippen molar-refractivity contribution < 1.29 is 27.8 Å². The number of hydrazine groups is 1. The van der Waals surface area contributed by atoms with Crippen molar-refractivity contribution in [2.75, 3.05) is 0 Å². The molecule has 1 aliphatic heterocycles. The molecule has 1 amide bonds. The SMILES string of the molecule is CC(C)(C)OC(=O)N1NC=C[C@]1(O)C(F)(F)F. The maximum absolute atomic E-state index is 12.6. The average Bonchev–Trinajstić information content (AvgIpc) is 2.43. The van der Waals surface area contributed by atoms with Gasteiger partial charge in [-0.25, -0.2) is 4.79 Å². The van der Waals surface area contributed by atoms with Crippen molar-refractivity contribution in [3.63, 3.8) is 0 Å². The summed E-state index contributed by atoms with van der Waals surface area (Å²) in [5.41, 5.74) is -2.37. The first-order valence-electron chi connectivity index (χ1n) is 4.73. The lowest BCUT2D eigenvalue weighted by atomic mass is 10.2. The number of carbonyl (C=O) groups is 1. The molecule has 0 aromatic carbocycles. The van der Waals surface area contributed by atoms with E-state index in [0.717, 1.165) is 6.20 Å². The normalized spacial score (nSPS) is 24.8. The molecule has 0 saturated heterocycles. The number of hydrogen-bond acceptors (Lipinski definition) is 4. The van der Waals surface area contributed by atoms with E-state index in [4.69, 9.17) is 4.74 Å². The Bertz CT molecular complexity index is 348. The number of ether oxygens (including phenoxy) is 1. The summed E-state index contributed by atoms with van der Waals surface area (Å²) in [4.78, 5) is 11.5. The fourth-order valence-electron chi connectivity index (χ4n) is 1.12. The standard InChI is InChI=1S/C9H13F3N2O3/c1-7(2,3)17-6(15)14-8(16,4-5-13-14)9(10,11)12/h4-5,13,16H,1-3H3/t8-/m0/s1. The topological polar surface area (TPSA) is 61.8 Å². The van der Waals surface area contributed by atoms with Gasteiger partial charge in [-0.2, -0.15) is 18.2 Å². The molecular weight excluding hydrogens is 241 g/mol. The highest BCUT2D eigenvalue weighted by molar-refractivity contribution is 5.69. The molecule has 98 valence electrons. The van der Waals surface area contributed by atoms with Crippen molar-refractivity contribution in [3.8, 4) is 0 Å². The fraction of sp³-hybridized carbons (Fsp3) is 0.667. The summed E-state index contributed by atoms with van der Waals surface area (Å²) in [6.07, 6.45) is -5.10. The van der Waals surface area contributed by atoms with Crippen molar-refractivity contribution in [1.29, 1.82) is 0 Å². The van der Waals surface area contributed by atoms with E-state index >= 15 is 0 Å². The maximum Gasteiger partial charge on any atom is 0.442 e. The van der Waals surface area contributed by atoms with E-state index in [2.05, 4.69) is 0 Å². The molecule has 0 fully saturated rings. The Hall–Kier alpha value is -1.44. The highest BCUT2D eigenvalue weighted by Gasteiger charge is 2.61. The van der Waals surface area contributed by atoms with Crippen LogP contribution in [0.2, 0.25) is 0 Å². The first-order valence-corrected chi connectivity index (χ1v) is 4.73. The molecule has 1 heterocycles. The molecule has 0 bridgehead atoms. The Morgan fingerprint density at radius 3 is 2.35 bits per heavy atom. The lowest BCUT2D eigenvalue weighted by Gasteiger charge is -2.34. The Kier molecular flexibility index (Phi) is 3.04. The zero-order valence-electron chi connectivity index (χ0n) is 9.50. The largest absolute Gasteiger partial charge is 0.442 e. The van der Waals surface area contributed by atoms with Crippen LogP contribution in [-0.2, 0) is 4.74 Å². The van der Waals surface area contributed by atoms with Gasteiger partial charge in [0.15, 0.2) is 0 Å². The zero-order valence-corrected chi connectivity index (χ0v) is 9.50. The maximum atomic E-state index is 12.6. The number of alkyl halides is 3. The van der Waals surface area contributed by atoms with Crippen LogP contribution < -0.4 is 5.43 Å². The molecule has 1 atom stereocenters. The molecule has 2 N–H and O–H groups in total. The molecule has 0 aliphatic carbocycles. The van der Waals surface area contributed by atoms with Crippen molar-refractivity contribution in [3.05, 3.63) is 12.3 Å². The van der Waals surface area contributed by atoms with Gasteiger partial charge >= 0.3 is 12.3 Å². The predicted molar refractivity (Wildman–Crippen MR) is 51.4 cm³/mol. The van der Waals surface area contributed by atoms with E-state index in [9.17, 15) is 23.1 Å². The Labute approximate surface area is 95.8 Å². The van der Waals surface area contributed by atoms with Crippen LogP contribution in [0.4, 0.5) is 18.0 Å². The minimum Gasteiger partial charge on any atom is -0.442 e. The van der Waals surface area contributed by atoms with Gasteiger partial charge in [0, 0.05) is 6.20 Å². The predicted octanol–water partition coefficient (Wildman–Crippen LogP) is 1.51. The average molecular weight is 254 g/mol. The lowest BCUT2D eigenvalue weighted by Crippen LogP contribution is -2.61. The van der Waals surface area contributed by atoms with Crippen LogP contribution in [0.25, 0.3) is 0 Å². The summed E-state index contributed by atoms with van der Waals surface area (Å²) in [7, 11) is 0. The van der Waals surface area contributed by atoms with Crippen molar-refractivity contribution in [1.82, 2.24) is 10.4 Å². The van der Waals surface area contributed by atoms with Crippen LogP contribution in [0.1, 0.15) is 20.8 Å². The minimum absolute atomic E-state index is 0.0156. The first kappa shape index (κ1) is 13.6. The molecule has 0 aromatic rings. The summed E-state index contributed by atoms with van der Waals surface area (Å²) in [5.74, 6) is 0. The van der Waals surface area contributed by atoms with Crippen molar-refractivity contribution in [2.45, 2.75) is 38.3 Å². The number of hydrogen-bond donors (Lipinski definition) is 2. The molecule has 5 nitrogen and oxygen atoms in total. The van der Waals surface area contributed by atoms with E-state index < -0.39 is 23.6 Å². The van der Waals surface area contributed by atoms with Crippen LogP contribution in [0, 0.1) is 0 Å². The highest BCUT2D eigenvalue weighted by atomic mass is 19.4. The minimum atomic E-state index is -5.02. The second-order valence-electron chi connectivity index (χ2n) is 4.50. The van der Waals surface area contributed by atoms with Gasteiger partial charge in [0.1, 0.15) is 5.60 Å². The number of amides is 1. The Balaban J connectivity index is 2.90. The molecule has 8 heteroatoms. The summed E-state index contributed by atoms with van der Waals surface area (Å²) < 4.78 is 42.5. The summed E-state index contributed by atoms with van der Waals surface area (Å²) in [6.45, 7) is 4.50. The monoisotopic (exact) mass is 254 g/mol. The zero-order chi connectivity index (χ0) is 13.5. The van der Waals surface area contributed by atoms with Gasteiger partial charge in [0.2, 0.25) is 0 Å². The number of carbonyl (C=O) groups excluding carboxylic acids is 1. The molecule has 0 unspecified atom stereocenters. The summed E-state index contributed by atoms with van der Waals surface area (Å²) >= 11 is 0. The summed E-state index contributed by atoms with van der Waals surface area (Å²) in [5, 5.41) is 9.39. The van der Waals surface area contributed by atoms with E-state index in [1.54, 1.807) is 0 Å². The van der Waals surface area contributed by atoms with Crippen LogP contribution >= 0.6 is 0 Å². The molecule has 0 radical (unpaired) electrons. The van der Waals surface area contributed by atoms with Gasteiger partial charge in [0.25, 0.3) is 5.72 Å². The third-order valence-corrected chi connectivity index (χ3v) is 1.85. The van der Waals surface area contributed by atoms with Crippen molar-refractivity contribution in [2.24, 2.45) is 0 Å². The Morgan fingerprint density at radius 2 is 1.94 bits per heavy atom. The highest BCUT2D eigenvalue weighted by Crippen LogP contribution is 2.36. The van der Waals surface area contributed by atoms with Gasteiger partial charge in [0.05, 0.1) is 0 Å². The molecule has 0 aromatic heterocycles. The van der Waals surface area contributed by atoms with Crippen LogP contribution in [0.3, 0.4) is 0 Å². The smallest absolute Gasteiger partial charge is 0.442 e. The van der Waals surface area contributed by atoms with Gasteiger partial charge in [-0.15, -0.1) is 0 Å². The van der Waals surface area contributed by atoms with Crippen molar-refractivity contribution >= 4 is 6.09 Å². The number of aliphatic hydroxyl groups is 1. The number of nitrogens with zero attached hydrogens (tertiary/aromatic N) is 1. The van der Waals surface area contributed by atoms with E-state index in [0.29, 0.717) is 6.08 Å². The van der Waals surface area contributed by atoms with Gasteiger partial charge in [-0.05, 0) is 26.8 Å². The molecule has 0 spiro atoms. The van der Waals surface area contributed by atoms with Crippen LogP contribution in [0.5, 0.6) is 0 Å². The first-order chi connectivity index (χ1) is 7.47. The van der Waals surface area contributed by atoms with Gasteiger partial charge in [-0.3, -0.25) is 5.43 Å². The number of halogens is 3. The molecular formula is C9H13F3N2O3. The molecule has 1 rings (SSSR count). The third-order valence-electron chi connectivity index (χ3n) is 1.85. The second-order valence-corrected chi connectivity index (χ2v) is 4.50. The number of nitrogens with one attached hydrogen (secondary N) is 1. The number of rotatable bonds is 0.